The van der Waals surface area contributed by atoms with E-state index < -0.39 is 11.9 Å². The predicted octanol–water partition coefficient (Wildman–Crippen LogP) is 3.03. The van der Waals surface area contributed by atoms with Crippen LogP contribution < -0.4 is 0 Å². The van der Waals surface area contributed by atoms with Gasteiger partial charge in [0.2, 0.25) is 5.90 Å². The zero-order valence-electron chi connectivity index (χ0n) is 13.5. The van der Waals surface area contributed by atoms with Crippen molar-refractivity contribution in [3.05, 3.63) is 64.2 Å². The fourth-order valence-electron chi connectivity index (χ4n) is 2.33. The van der Waals surface area contributed by atoms with Gasteiger partial charge in [-0.3, -0.25) is 0 Å². The van der Waals surface area contributed by atoms with Gasteiger partial charge in [0.1, 0.15) is 17.1 Å². The van der Waals surface area contributed by atoms with Crippen molar-refractivity contribution in [3.63, 3.8) is 0 Å². The number of rotatable bonds is 3. The van der Waals surface area contributed by atoms with Crippen LogP contribution in [0.15, 0.2) is 45.4 Å². The number of hydrogen-bond donors (Lipinski definition) is 0. The van der Waals surface area contributed by atoms with Gasteiger partial charge in [-0.2, -0.15) is 0 Å². The highest BCUT2D eigenvalue weighted by Crippen LogP contribution is 2.22. The second-order valence-electron chi connectivity index (χ2n) is 5.32. The molecule has 6 nitrogen and oxygen atoms in total. The van der Waals surface area contributed by atoms with E-state index in [4.69, 9.17) is 9.15 Å². The maximum absolute atomic E-state index is 12.0. The van der Waals surface area contributed by atoms with Crippen LogP contribution in [0.2, 0.25) is 0 Å². The molecule has 0 saturated carbocycles. The molecule has 6 heteroatoms. The number of aryl methyl sites for hydroxylation is 2. The molecule has 0 spiro atoms. The largest absolute Gasteiger partial charge is 0.465 e. The summed E-state index contributed by atoms with van der Waals surface area (Å²) in [6, 6.07) is 9.00. The summed E-state index contributed by atoms with van der Waals surface area (Å²) in [4.78, 5) is 27.8. The highest BCUT2D eigenvalue weighted by atomic mass is 16.6. The minimum atomic E-state index is -0.569. The molecule has 0 atom stereocenters. The number of ether oxygens (including phenoxy) is 2. The van der Waals surface area contributed by atoms with Crippen LogP contribution in [0, 0.1) is 13.8 Å². The van der Waals surface area contributed by atoms with E-state index in [9.17, 15) is 9.59 Å². The van der Waals surface area contributed by atoms with E-state index in [2.05, 4.69) is 9.73 Å². The Kier molecular flexibility index (Phi) is 4.04. The molecule has 1 aliphatic heterocycles. The minimum absolute atomic E-state index is 0.108. The summed E-state index contributed by atoms with van der Waals surface area (Å²) in [6.45, 7) is 3.58. The Balaban J connectivity index is 1.93. The molecule has 0 fully saturated rings. The summed E-state index contributed by atoms with van der Waals surface area (Å²) in [7, 11) is 1.29. The number of nitrogens with zero attached hydrogens (tertiary/aromatic N) is 1. The number of furan rings is 1. The van der Waals surface area contributed by atoms with Gasteiger partial charge in [0.15, 0.2) is 5.70 Å². The van der Waals surface area contributed by atoms with Crippen LogP contribution >= 0.6 is 0 Å². The third-order valence-corrected chi connectivity index (χ3v) is 3.51. The Morgan fingerprint density at radius 3 is 2.75 bits per heavy atom. The fraction of sp³-hybridized carbons (Fsp3) is 0.167. The molecule has 2 heterocycles. The van der Waals surface area contributed by atoms with Gasteiger partial charge in [-0.25, -0.2) is 14.6 Å². The summed E-state index contributed by atoms with van der Waals surface area (Å²) in [5, 5.41) is 0. The summed E-state index contributed by atoms with van der Waals surface area (Å²) in [5.41, 5.74) is 2.17. The van der Waals surface area contributed by atoms with Crippen molar-refractivity contribution in [2.24, 2.45) is 4.99 Å². The number of benzene rings is 1. The molecule has 0 unspecified atom stereocenters. The number of methoxy groups -OCH3 is 1. The summed E-state index contributed by atoms with van der Waals surface area (Å²) in [6.07, 6.45) is 1.44. The van der Waals surface area contributed by atoms with E-state index in [1.54, 1.807) is 6.92 Å². The fourth-order valence-corrected chi connectivity index (χ4v) is 2.33. The lowest BCUT2D eigenvalue weighted by Gasteiger charge is -1.99. The Bertz CT molecular complexity index is 889. The normalized spacial score (nSPS) is 15.4. The summed E-state index contributed by atoms with van der Waals surface area (Å²) < 4.78 is 15.3. The number of esters is 2. The van der Waals surface area contributed by atoms with Gasteiger partial charge >= 0.3 is 11.9 Å². The second kappa shape index (κ2) is 6.16. The van der Waals surface area contributed by atoms with Gasteiger partial charge in [-0.1, -0.05) is 17.7 Å². The maximum Gasteiger partial charge on any atom is 0.363 e. The number of aliphatic imine (C=N–C) groups is 1. The van der Waals surface area contributed by atoms with Gasteiger partial charge in [-0.05, 0) is 32.0 Å². The van der Waals surface area contributed by atoms with Crippen LogP contribution in [0.4, 0.5) is 0 Å². The van der Waals surface area contributed by atoms with E-state index in [1.165, 1.54) is 19.3 Å². The minimum Gasteiger partial charge on any atom is -0.465 e. The van der Waals surface area contributed by atoms with Gasteiger partial charge in [0, 0.05) is 11.6 Å². The van der Waals surface area contributed by atoms with Crippen molar-refractivity contribution >= 4 is 23.9 Å². The molecular weight excluding hydrogens is 310 g/mol. The van der Waals surface area contributed by atoms with Gasteiger partial charge in [-0.15, -0.1) is 0 Å². The number of hydrogen-bond acceptors (Lipinski definition) is 6. The van der Waals surface area contributed by atoms with Crippen LogP contribution in [0.25, 0.3) is 6.08 Å². The molecule has 122 valence electrons. The highest BCUT2D eigenvalue weighted by Gasteiger charge is 2.25. The smallest absolute Gasteiger partial charge is 0.363 e. The first-order valence-electron chi connectivity index (χ1n) is 7.26. The lowest BCUT2D eigenvalue weighted by atomic mass is 10.1. The molecule has 0 N–H and O–H groups in total. The first kappa shape index (κ1) is 15.7. The standard InChI is InChI=1S/C18H15NO5/c1-10-5-4-6-12(7-10)16-19-15(18(21)24-16)9-13-8-14(11(2)23-13)17(20)22-3/h4-9H,1-3H3/b15-9+. The molecule has 0 aliphatic carbocycles. The average Bonchev–Trinajstić information content (AvgIpc) is 3.10. The average molecular weight is 325 g/mol. The molecule has 24 heavy (non-hydrogen) atoms. The Labute approximate surface area is 138 Å². The summed E-state index contributed by atoms with van der Waals surface area (Å²) in [5.74, 6) is -0.0949. The van der Waals surface area contributed by atoms with E-state index in [0.717, 1.165) is 11.1 Å². The first-order chi connectivity index (χ1) is 11.5. The van der Waals surface area contributed by atoms with Gasteiger partial charge in [0.25, 0.3) is 0 Å². The molecule has 3 rings (SSSR count). The third kappa shape index (κ3) is 2.99. The van der Waals surface area contributed by atoms with Crippen molar-refractivity contribution in [3.8, 4) is 0 Å². The number of carbonyl (C=O) groups excluding carboxylic acids is 2. The predicted molar refractivity (Wildman–Crippen MR) is 86.6 cm³/mol. The highest BCUT2D eigenvalue weighted by molar-refractivity contribution is 6.12. The molecule has 0 bridgehead atoms. The number of cyclic esters (lactones) is 1. The topological polar surface area (TPSA) is 78.1 Å². The van der Waals surface area contributed by atoms with Crippen LogP contribution in [-0.2, 0) is 14.3 Å². The van der Waals surface area contributed by atoms with E-state index >= 15 is 0 Å². The van der Waals surface area contributed by atoms with Crippen LogP contribution in [-0.4, -0.2) is 24.9 Å². The maximum atomic E-state index is 12.0. The molecule has 1 aromatic carbocycles. The van der Waals surface area contributed by atoms with E-state index in [-0.39, 0.29) is 11.6 Å². The molecule has 0 saturated heterocycles. The van der Waals surface area contributed by atoms with Crippen molar-refractivity contribution in [2.75, 3.05) is 7.11 Å². The van der Waals surface area contributed by atoms with Crippen LogP contribution in [0.5, 0.6) is 0 Å². The first-order valence-corrected chi connectivity index (χ1v) is 7.26. The molecule has 1 aromatic heterocycles. The number of carbonyl (C=O) groups is 2. The Hall–Kier alpha value is -3.15. The quantitative estimate of drug-likeness (QED) is 0.640. The zero-order chi connectivity index (χ0) is 17.3. The van der Waals surface area contributed by atoms with Crippen molar-refractivity contribution in [1.29, 1.82) is 0 Å². The molecular formula is C18H15NO5. The van der Waals surface area contributed by atoms with Gasteiger partial charge in [0.05, 0.1) is 7.11 Å². The Morgan fingerprint density at radius 1 is 1.25 bits per heavy atom. The molecule has 0 radical (unpaired) electrons. The van der Waals surface area contributed by atoms with E-state index in [1.807, 2.05) is 31.2 Å². The lowest BCUT2D eigenvalue weighted by molar-refractivity contribution is -0.129. The molecule has 2 aromatic rings. The Morgan fingerprint density at radius 2 is 2.04 bits per heavy atom. The molecule has 0 amide bonds. The zero-order valence-corrected chi connectivity index (χ0v) is 13.5. The van der Waals surface area contributed by atoms with E-state index in [0.29, 0.717) is 17.1 Å². The third-order valence-electron chi connectivity index (χ3n) is 3.51. The lowest BCUT2D eigenvalue weighted by Crippen LogP contribution is -2.05. The second-order valence-corrected chi connectivity index (χ2v) is 5.32. The van der Waals surface area contributed by atoms with Crippen molar-refractivity contribution < 1.29 is 23.5 Å². The van der Waals surface area contributed by atoms with Crippen LogP contribution in [0.1, 0.15) is 33.0 Å². The van der Waals surface area contributed by atoms with Crippen molar-refractivity contribution in [2.45, 2.75) is 13.8 Å². The molecule has 1 aliphatic rings. The monoisotopic (exact) mass is 325 g/mol. The SMILES string of the molecule is COC(=O)c1cc(/C=C2/N=C(c3cccc(C)c3)OC2=O)oc1C. The van der Waals surface area contributed by atoms with Crippen molar-refractivity contribution in [1.82, 2.24) is 0 Å². The van der Waals surface area contributed by atoms with Gasteiger partial charge < -0.3 is 13.9 Å². The summed E-state index contributed by atoms with van der Waals surface area (Å²) >= 11 is 0. The van der Waals surface area contributed by atoms with Crippen LogP contribution in [0.3, 0.4) is 0 Å².